The first-order valence-electron chi connectivity index (χ1n) is 1.37. The number of hydrogen-bond acceptors (Lipinski definition) is 0. The van der Waals surface area contributed by atoms with Crippen LogP contribution < -0.4 is 0 Å². The van der Waals surface area contributed by atoms with Crippen LogP contribution in [0.25, 0.3) is 0 Å². The van der Waals surface area contributed by atoms with E-state index in [-0.39, 0.29) is 40.1 Å². The summed E-state index contributed by atoms with van der Waals surface area (Å²) in [6.07, 6.45) is 4.68. The minimum atomic E-state index is 0. The fraction of sp³-hybridized carbons (Fsp3) is 0.400. The molecule has 0 N–H and O–H groups in total. The molecule has 1 radical (unpaired) electrons. The molecule has 0 spiro atoms. The molecule has 0 atom stereocenters. The molecule has 0 amide bonds. The molecule has 0 saturated carbocycles. The zero-order valence-electron chi connectivity index (χ0n) is 4.65. The SMILES string of the molecule is C[C-]=CC.[CH3-].[Y]. The third kappa shape index (κ3) is 21.1. The smallest absolute Gasteiger partial charge is 0 e. The normalized spacial score (nSPS) is 6.33. The maximum absolute atomic E-state index is 2.81. The van der Waals surface area contributed by atoms with Gasteiger partial charge in [-0.05, 0) is 0 Å². The van der Waals surface area contributed by atoms with Gasteiger partial charge in [-0.3, -0.25) is 6.08 Å². The zero-order valence-corrected chi connectivity index (χ0v) is 7.49. The van der Waals surface area contributed by atoms with Crippen molar-refractivity contribution < 1.29 is 32.7 Å². The molecule has 0 unspecified atom stereocenters. The van der Waals surface area contributed by atoms with E-state index >= 15 is 0 Å². The first-order chi connectivity index (χ1) is 1.91. The van der Waals surface area contributed by atoms with Gasteiger partial charge in [0.05, 0.1) is 0 Å². The van der Waals surface area contributed by atoms with Crippen molar-refractivity contribution in [1.29, 1.82) is 0 Å². The van der Waals surface area contributed by atoms with Gasteiger partial charge in [-0.2, -0.15) is 6.92 Å². The first-order valence-corrected chi connectivity index (χ1v) is 1.37. The minimum absolute atomic E-state index is 0. The van der Waals surface area contributed by atoms with Gasteiger partial charge in [-0.1, -0.05) is 6.92 Å². The summed E-state index contributed by atoms with van der Waals surface area (Å²) < 4.78 is 0. The van der Waals surface area contributed by atoms with Gasteiger partial charge in [0.1, 0.15) is 0 Å². The van der Waals surface area contributed by atoms with Crippen molar-refractivity contribution >= 4 is 0 Å². The molecule has 6 heavy (non-hydrogen) atoms. The van der Waals surface area contributed by atoms with Crippen LogP contribution in [0.5, 0.6) is 0 Å². The van der Waals surface area contributed by atoms with Crippen molar-refractivity contribution in [3.05, 3.63) is 19.6 Å². The van der Waals surface area contributed by atoms with E-state index in [0.29, 0.717) is 0 Å². The Morgan fingerprint density at radius 2 is 1.67 bits per heavy atom. The van der Waals surface area contributed by atoms with Gasteiger partial charge in [0, 0.05) is 32.7 Å². The fourth-order valence-corrected chi connectivity index (χ4v) is 0. The summed E-state index contributed by atoms with van der Waals surface area (Å²) in [6, 6.07) is 0. The molecule has 0 aromatic heterocycles. The quantitative estimate of drug-likeness (QED) is 0.473. The van der Waals surface area contributed by atoms with E-state index in [1.54, 1.807) is 0 Å². The molecule has 0 rings (SSSR count). The molecule has 0 aromatic carbocycles. The van der Waals surface area contributed by atoms with Gasteiger partial charge in [-0.25, -0.2) is 0 Å². The van der Waals surface area contributed by atoms with E-state index in [2.05, 4.69) is 6.08 Å². The Morgan fingerprint density at radius 1 is 1.50 bits per heavy atom. The van der Waals surface area contributed by atoms with Crippen LogP contribution in [0.4, 0.5) is 0 Å². The number of hydrogen-bond donors (Lipinski definition) is 0. The monoisotopic (exact) mass is 159 g/mol. The molecule has 1 heteroatoms. The Morgan fingerprint density at radius 3 is 1.67 bits per heavy atom. The summed E-state index contributed by atoms with van der Waals surface area (Å²) in [5.74, 6) is 0. The topological polar surface area (TPSA) is 0 Å². The summed E-state index contributed by atoms with van der Waals surface area (Å²) >= 11 is 0. The number of rotatable bonds is 0. The molecule has 0 aliphatic carbocycles. The first kappa shape index (κ1) is 15.8. The van der Waals surface area contributed by atoms with E-state index in [4.69, 9.17) is 0 Å². The molecule has 0 bridgehead atoms. The van der Waals surface area contributed by atoms with Gasteiger partial charge in [0.25, 0.3) is 0 Å². The third-order valence-corrected chi connectivity index (χ3v) is 0.289. The Hall–Kier alpha value is 0.844. The van der Waals surface area contributed by atoms with Crippen molar-refractivity contribution in [2.24, 2.45) is 0 Å². The molecular formula is C5H10Y-2. The average Bonchev–Trinajstić information content (AvgIpc) is 1.37. The third-order valence-electron chi connectivity index (χ3n) is 0.289. The van der Waals surface area contributed by atoms with Gasteiger partial charge in [0.15, 0.2) is 0 Å². The van der Waals surface area contributed by atoms with Crippen molar-refractivity contribution in [3.8, 4) is 0 Å². The molecule has 0 aliphatic heterocycles. The Bertz CT molecular complexity index is 19.1. The van der Waals surface area contributed by atoms with Gasteiger partial charge >= 0.3 is 0 Å². The number of allylic oxidation sites excluding steroid dienone is 2. The molecule has 0 nitrogen and oxygen atoms in total. The largest absolute Gasteiger partial charge is 0.504 e. The van der Waals surface area contributed by atoms with Crippen LogP contribution in [0.2, 0.25) is 0 Å². The Kier molecular flexibility index (Phi) is 44.7. The molecule has 0 aromatic rings. The summed E-state index contributed by atoms with van der Waals surface area (Å²) in [5.41, 5.74) is 0. The second-order valence-corrected chi connectivity index (χ2v) is 0.577. The Labute approximate surface area is 65.9 Å². The minimum Gasteiger partial charge on any atom is -0.504 e. The van der Waals surface area contributed by atoms with Crippen LogP contribution in [0.15, 0.2) is 6.08 Å². The van der Waals surface area contributed by atoms with Crippen molar-refractivity contribution in [2.45, 2.75) is 13.8 Å². The molecule has 0 heterocycles. The summed E-state index contributed by atoms with van der Waals surface area (Å²) in [6.45, 7) is 3.82. The van der Waals surface area contributed by atoms with Crippen LogP contribution in [0.1, 0.15) is 13.8 Å². The molecule has 35 valence electrons. The zero-order chi connectivity index (χ0) is 3.41. The van der Waals surface area contributed by atoms with E-state index in [0.717, 1.165) is 0 Å². The predicted octanol–water partition coefficient (Wildman–Crippen LogP) is 1.83. The van der Waals surface area contributed by atoms with E-state index < -0.39 is 0 Å². The summed E-state index contributed by atoms with van der Waals surface area (Å²) in [5, 5.41) is 0. The second-order valence-electron chi connectivity index (χ2n) is 0.577. The Balaban J connectivity index is -0.0000000450. The maximum Gasteiger partial charge on any atom is 0 e. The fourth-order valence-electron chi connectivity index (χ4n) is 0. The molecule has 0 aliphatic rings. The molecule has 0 saturated heterocycles. The van der Waals surface area contributed by atoms with Gasteiger partial charge in [-0.15, -0.1) is 0 Å². The standard InChI is InChI=1S/C4H7.CH3.Y/c1-3-4-2;;/h3H,1-2H3;1H3;/q2*-1;. The van der Waals surface area contributed by atoms with Gasteiger partial charge < -0.3 is 13.5 Å². The van der Waals surface area contributed by atoms with Crippen molar-refractivity contribution in [2.75, 3.05) is 0 Å². The van der Waals surface area contributed by atoms with E-state index in [1.807, 2.05) is 19.9 Å². The van der Waals surface area contributed by atoms with Crippen LogP contribution in [-0.2, 0) is 32.7 Å². The maximum atomic E-state index is 2.81. The summed E-state index contributed by atoms with van der Waals surface area (Å²) in [7, 11) is 0. The van der Waals surface area contributed by atoms with Crippen LogP contribution in [0, 0.1) is 13.5 Å². The van der Waals surface area contributed by atoms with E-state index in [1.165, 1.54) is 0 Å². The van der Waals surface area contributed by atoms with Crippen LogP contribution in [-0.4, -0.2) is 0 Å². The average molecular weight is 159 g/mol. The molecule has 0 fully saturated rings. The predicted molar refractivity (Wildman–Crippen MR) is 25.6 cm³/mol. The van der Waals surface area contributed by atoms with Crippen molar-refractivity contribution in [3.63, 3.8) is 0 Å². The van der Waals surface area contributed by atoms with Crippen LogP contribution >= 0.6 is 0 Å². The molecular weight excluding hydrogens is 149 g/mol. The summed E-state index contributed by atoms with van der Waals surface area (Å²) in [4.78, 5) is 0. The van der Waals surface area contributed by atoms with Crippen molar-refractivity contribution in [1.82, 2.24) is 0 Å². The van der Waals surface area contributed by atoms with E-state index in [9.17, 15) is 0 Å². The van der Waals surface area contributed by atoms with Gasteiger partial charge in [0.2, 0.25) is 0 Å². The van der Waals surface area contributed by atoms with Crippen LogP contribution in [0.3, 0.4) is 0 Å². The second kappa shape index (κ2) is 17.0.